The van der Waals surface area contributed by atoms with E-state index in [0.29, 0.717) is 31.0 Å². The van der Waals surface area contributed by atoms with Crippen LogP contribution in [0.25, 0.3) is 0 Å². The van der Waals surface area contributed by atoms with Gasteiger partial charge in [-0.1, -0.05) is 26.7 Å². The molecule has 3 atom stereocenters. The van der Waals surface area contributed by atoms with Crippen LogP contribution in [0.5, 0.6) is 0 Å². The van der Waals surface area contributed by atoms with E-state index in [4.69, 9.17) is 4.74 Å². The normalized spacial score (nSPS) is 25.3. The summed E-state index contributed by atoms with van der Waals surface area (Å²) < 4.78 is 5.01. The first-order valence-corrected chi connectivity index (χ1v) is 7.56. The third-order valence-corrected chi connectivity index (χ3v) is 4.02. The topological polar surface area (TPSA) is 50.4 Å². The molecule has 0 spiro atoms. The first kappa shape index (κ1) is 16.4. The Kier molecular flexibility index (Phi) is 7.39. The molecule has 0 saturated heterocycles. The molecular weight excluding hydrogens is 240 g/mol. The number of carbonyl (C=O) groups excluding carboxylic acids is 1. The monoisotopic (exact) mass is 270 g/mol. The highest BCUT2D eigenvalue weighted by Crippen LogP contribution is 2.29. The Labute approximate surface area is 117 Å². The molecule has 0 aromatic rings. The molecule has 1 rings (SSSR count). The van der Waals surface area contributed by atoms with Crippen LogP contribution in [0.1, 0.15) is 46.5 Å². The fourth-order valence-electron chi connectivity index (χ4n) is 3.05. The number of nitrogens with one attached hydrogen (secondary N) is 2. The highest BCUT2D eigenvalue weighted by molar-refractivity contribution is 5.78. The predicted octanol–water partition coefficient (Wildman–Crippen LogP) is 1.94. The van der Waals surface area contributed by atoms with Crippen molar-refractivity contribution in [1.29, 1.82) is 0 Å². The van der Waals surface area contributed by atoms with Gasteiger partial charge in [-0.2, -0.15) is 0 Å². The van der Waals surface area contributed by atoms with Gasteiger partial charge in [0, 0.05) is 19.2 Å². The van der Waals surface area contributed by atoms with Gasteiger partial charge >= 0.3 is 0 Å². The standard InChI is InChI=1S/C15H30N2O2/c1-11(2)13-7-5-6-8-14(13)16-9-15(18)17-12(3)10-19-4/h11-14,16H,5-10H2,1-4H3,(H,17,18). The van der Waals surface area contributed by atoms with Crippen molar-refractivity contribution in [3.8, 4) is 0 Å². The van der Waals surface area contributed by atoms with Crippen LogP contribution >= 0.6 is 0 Å². The molecule has 1 amide bonds. The second-order valence-corrected chi connectivity index (χ2v) is 6.10. The fraction of sp³-hybridized carbons (Fsp3) is 0.933. The Morgan fingerprint density at radius 3 is 2.58 bits per heavy atom. The van der Waals surface area contributed by atoms with E-state index in [1.165, 1.54) is 25.7 Å². The van der Waals surface area contributed by atoms with E-state index >= 15 is 0 Å². The maximum atomic E-state index is 11.8. The molecule has 3 unspecified atom stereocenters. The second kappa shape index (κ2) is 8.54. The Morgan fingerprint density at radius 2 is 1.95 bits per heavy atom. The summed E-state index contributed by atoms with van der Waals surface area (Å²) in [6, 6.07) is 0.573. The van der Waals surface area contributed by atoms with Gasteiger partial charge in [-0.15, -0.1) is 0 Å². The van der Waals surface area contributed by atoms with Gasteiger partial charge in [-0.25, -0.2) is 0 Å². The molecular formula is C15H30N2O2. The average molecular weight is 270 g/mol. The van der Waals surface area contributed by atoms with Crippen LogP contribution in [0.2, 0.25) is 0 Å². The summed E-state index contributed by atoms with van der Waals surface area (Å²) in [5.41, 5.74) is 0. The van der Waals surface area contributed by atoms with Crippen LogP contribution in [0.3, 0.4) is 0 Å². The minimum atomic E-state index is 0.0672. The summed E-state index contributed by atoms with van der Waals surface area (Å²) in [5, 5.41) is 6.39. The number of amides is 1. The Balaban J connectivity index is 2.31. The smallest absolute Gasteiger partial charge is 0.234 e. The summed E-state index contributed by atoms with van der Waals surface area (Å²) in [5.74, 6) is 1.46. The van der Waals surface area contributed by atoms with Crippen molar-refractivity contribution in [2.24, 2.45) is 11.8 Å². The van der Waals surface area contributed by atoms with Crippen LogP contribution < -0.4 is 10.6 Å². The minimum Gasteiger partial charge on any atom is -0.383 e. The molecule has 0 aliphatic heterocycles. The molecule has 19 heavy (non-hydrogen) atoms. The van der Waals surface area contributed by atoms with E-state index < -0.39 is 0 Å². The van der Waals surface area contributed by atoms with Crippen LogP contribution in [-0.2, 0) is 9.53 Å². The quantitative estimate of drug-likeness (QED) is 0.743. The maximum Gasteiger partial charge on any atom is 0.234 e. The second-order valence-electron chi connectivity index (χ2n) is 6.10. The first-order valence-electron chi connectivity index (χ1n) is 7.56. The van der Waals surface area contributed by atoms with E-state index in [1.807, 2.05) is 6.92 Å². The number of rotatable bonds is 7. The average Bonchev–Trinajstić information content (AvgIpc) is 2.36. The summed E-state index contributed by atoms with van der Waals surface area (Å²) in [7, 11) is 1.65. The molecule has 1 aliphatic carbocycles. The van der Waals surface area contributed by atoms with E-state index in [1.54, 1.807) is 7.11 Å². The van der Waals surface area contributed by atoms with Gasteiger partial charge in [0.15, 0.2) is 0 Å². The molecule has 1 fully saturated rings. The molecule has 112 valence electrons. The van der Waals surface area contributed by atoms with Crippen molar-refractivity contribution in [2.45, 2.75) is 58.5 Å². The molecule has 0 aromatic heterocycles. The Bertz CT molecular complexity index is 269. The summed E-state index contributed by atoms with van der Waals surface area (Å²) in [6.45, 7) is 7.50. The third-order valence-electron chi connectivity index (χ3n) is 4.02. The SMILES string of the molecule is COCC(C)NC(=O)CNC1CCCCC1C(C)C. The lowest BCUT2D eigenvalue weighted by atomic mass is 9.78. The van der Waals surface area contributed by atoms with Crippen LogP contribution in [0.4, 0.5) is 0 Å². The van der Waals surface area contributed by atoms with Crippen molar-refractivity contribution in [3.63, 3.8) is 0 Å². The molecule has 0 aromatic carbocycles. The highest BCUT2D eigenvalue weighted by Gasteiger charge is 2.27. The van der Waals surface area contributed by atoms with Crippen molar-refractivity contribution in [1.82, 2.24) is 10.6 Å². The zero-order valence-corrected chi connectivity index (χ0v) is 12.9. The largest absolute Gasteiger partial charge is 0.383 e. The number of carbonyl (C=O) groups is 1. The summed E-state index contributed by atoms with van der Waals surface area (Å²) in [6.07, 6.45) is 5.10. The fourth-order valence-corrected chi connectivity index (χ4v) is 3.05. The van der Waals surface area contributed by atoms with Gasteiger partial charge in [0.1, 0.15) is 0 Å². The Hall–Kier alpha value is -0.610. The van der Waals surface area contributed by atoms with E-state index in [0.717, 1.165) is 0 Å². The maximum absolute atomic E-state index is 11.8. The molecule has 1 saturated carbocycles. The van der Waals surface area contributed by atoms with E-state index in [9.17, 15) is 4.79 Å². The van der Waals surface area contributed by atoms with Gasteiger partial charge in [0.25, 0.3) is 0 Å². The molecule has 0 radical (unpaired) electrons. The van der Waals surface area contributed by atoms with E-state index in [-0.39, 0.29) is 11.9 Å². The van der Waals surface area contributed by atoms with Crippen LogP contribution in [0.15, 0.2) is 0 Å². The first-order chi connectivity index (χ1) is 9.04. The Morgan fingerprint density at radius 1 is 1.26 bits per heavy atom. The molecule has 2 N–H and O–H groups in total. The third kappa shape index (κ3) is 5.91. The van der Waals surface area contributed by atoms with Crippen LogP contribution in [-0.4, -0.2) is 38.3 Å². The lowest BCUT2D eigenvalue weighted by molar-refractivity contribution is -0.121. The summed E-state index contributed by atoms with van der Waals surface area (Å²) in [4.78, 5) is 11.8. The number of methoxy groups -OCH3 is 1. The van der Waals surface area contributed by atoms with Gasteiger partial charge in [0.2, 0.25) is 5.91 Å². The highest BCUT2D eigenvalue weighted by atomic mass is 16.5. The van der Waals surface area contributed by atoms with Crippen molar-refractivity contribution in [2.75, 3.05) is 20.3 Å². The summed E-state index contributed by atoms with van der Waals surface area (Å²) >= 11 is 0. The lowest BCUT2D eigenvalue weighted by Crippen LogP contribution is -2.47. The molecule has 4 nitrogen and oxygen atoms in total. The van der Waals surface area contributed by atoms with Gasteiger partial charge in [0.05, 0.1) is 13.2 Å². The van der Waals surface area contributed by atoms with Crippen molar-refractivity contribution in [3.05, 3.63) is 0 Å². The number of hydrogen-bond donors (Lipinski definition) is 2. The van der Waals surface area contributed by atoms with Crippen molar-refractivity contribution < 1.29 is 9.53 Å². The van der Waals surface area contributed by atoms with Crippen molar-refractivity contribution >= 4 is 5.91 Å². The molecule has 0 heterocycles. The molecule has 0 bridgehead atoms. The zero-order valence-electron chi connectivity index (χ0n) is 12.9. The van der Waals surface area contributed by atoms with Gasteiger partial charge in [-0.3, -0.25) is 4.79 Å². The van der Waals surface area contributed by atoms with Gasteiger partial charge < -0.3 is 15.4 Å². The van der Waals surface area contributed by atoms with Gasteiger partial charge in [-0.05, 0) is 31.6 Å². The zero-order chi connectivity index (χ0) is 14.3. The molecule has 1 aliphatic rings. The number of hydrogen-bond acceptors (Lipinski definition) is 3. The molecule has 4 heteroatoms. The van der Waals surface area contributed by atoms with E-state index in [2.05, 4.69) is 24.5 Å². The van der Waals surface area contributed by atoms with Crippen LogP contribution in [0, 0.1) is 11.8 Å². The lowest BCUT2D eigenvalue weighted by Gasteiger charge is -2.35. The number of ether oxygens (including phenoxy) is 1. The minimum absolute atomic E-state index is 0.0672. The predicted molar refractivity (Wildman–Crippen MR) is 78.1 cm³/mol.